The molecule has 1 heterocycles. The molecule has 0 unspecified atom stereocenters. The lowest BCUT2D eigenvalue weighted by molar-refractivity contribution is 0.0462. The van der Waals surface area contributed by atoms with Gasteiger partial charge in [-0.2, -0.15) is 15.0 Å². The summed E-state index contributed by atoms with van der Waals surface area (Å²) in [7, 11) is 0. The van der Waals surface area contributed by atoms with Crippen LogP contribution < -0.4 is 11.5 Å². The number of anilines is 2. The Morgan fingerprint density at radius 1 is 0.963 bits per heavy atom. The van der Waals surface area contributed by atoms with E-state index in [2.05, 4.69) is 15.0 Å². The maximum absolute atomic E-state index is 12.1. The summed E-state index contributed by atoms with van der Waals surface area (Å²) in [5.74, 6) is 0.460. The molecule has 0 saturated heterocycles. The minimum atomic E-state index is -0.482. The molecule has 0 fully saturated rings. The summed E-state index contributed by atoms with van der Waals surface area (Å²) in [4.78, 5) is 24.6. The number of nitrogens with zero attached hydrogens (tertiary/aromatic N) is 3. The van der Waals surface area contributed by atoms with E-state index < -0.39 is 5.97 Å². The molecule has 0 spiro atoms. The topological polar surface area (TPSA) is 117 Å². The number of hydrogen-bond acceptors (Lipinski definition) is 8. The average Bonchev–Trinajstić information content (AvgIpc) is 2.65. The number of nitrogen functional groups attached to an aromatic ring is 2. The molecule has 0 aliphatic heterocycles. The Labute approximate surface area is 165 Å². The van der Waals surface area contributed by atoms with Crippen LogP contribution in [0.25, 0.3) is 0 Å². The van der Waals surface area contributed by atoms with Gasteiger partial charge in [0.05, 0.1) is 5.56 Å². The second-order valence-electron chi connectivity index (χ2n) is 5.48. The van der Waals surface area contributed by atoms with E-state index in [1.165, 1.54) is 0 Å². The highest BCUT2D eigenvalue weighted by molar-refractivity contribution is 7.98. The number of halogens is 1. The molecule has 0 aliphatic rings. The van der Waals surface area contributed by atoms with E-state index in [4.69, 9.17) is 27.8 Å². The van der Waals surface area contributed by atoms with E-state index in [9.17, 15) is 4.79 Å². The van der Waals surface area contributed by atoms with E-state index in [0.29, 0.717) is 10.6 Å². The number of nitrogens with two attached hydrogens (primary N) is 2. The largest absolute Gasteiger partial charge is 0.454 e. The molecule has 0 radical (unpaired) electrons. The van der Waals surface area contributed by atoms with Gasteiger partial charge in [-0.1, -0.05) is 23.7 Å². The summed E-state index contributed by atoms with van der Waals surface area (Å²) in [5, 5.41) is 0.713. The van der Waals surface area contributed by atoms with Gasteiger partial charge in [-0.25, -0.2) is 4.79 Å². The Balaban J connectivity index is 1.54. The summed E-state index contributed by atoms with van der Waals surface area (Å²) < 4.78 is 5.18. The van der Waals surface area contributed by atoms with Crippen LogP contribution in [0.4, 0.5) is 11.9 Å². The molecule has 9 heteroatoms. The summed E-state index contributed by atoms with van der Waals surface area (Å²) in [6.45, 7) is -0.135. The van der Waals surface area contributed by atoms with E-state index >= 15 is 0 Å². The molecule has 1 aromatic heterocycles. The van der Waals surface area contributed by atoms with Crippen molar-refractivity contribution in [3.8, 4) is 0 Å². The predicted molar refractivity (Wildman–Crippen MR) is 105 cm³/mol. The van der Waals surface area contributed by atoms with Crippen molar-refractivity contribution in [1.82, 2.24) is 15.0 Å². The summed E-state index contributed by atoms with van der Waals surface area (Å²) in [6.07, 6.45) is 0. The van der Waals surface area contributed by atoms with Crippen molar-refractivity contribution in [2.45, 2.75) is 17.3 Å². The number of rotatable bonds is 6. The van der Waals surface area contributed by atoms with Crippen LogP contribution in [0.2, 0.25) is 5.02 Å². The summed E-state index contributed by atoms with van der Waals surface area (Å²) in [6, 6.07) is 14.9. The second-order valence-corrected chi connectivity index (χ2v) is 6.97. The SMILES string of the molecule is Nc1nc(N)nc(COC(=O)c2ccc(CSc3ccc(Cl)cc3)cc2)n1. The van der Waals surface area contributed by atoms with Crippen LogP contribution in [-0.2, 0) is 17.1 Å². The van der Waals surface area contributed by atoms with Crippen molar-refractivity contribution < 1.29 is 9.53 Å². The van der Waals surface area contributed by atoms with Gasteiger partial charge in [0.1, 0.15) is 0 Å². The van der Waals surface area contributed by atoms with Crippen molar-refractivity contribution in [3.05, 3.63) is 70.5 Å². The Morgan fingerprint density at radius 2 is 1.59 bits per heavy atom. The third-order valence-corrected chi connectivity index (χ3v) is 4.79. The van der Waals surface area contributed by atoms with Crippen LogP contribution in [0.15, 0.2) is 53.4 Å². The van der Waals surface area contributed by atoms with Crippen LogP contribution in [0.5, 0.6) is 0 Å². The number of esters is 1. The molecule has 3 rings (SSSR count). The highest BCUT2D eigenvalue weighted by atomic mass is 35.5. The maximum atomic E-state index is 12.1. The van der Waals surface area contributed by atoms with Gasteiger partial charge in [-0.15, -0.1) is 11.8 Å². The molecule has 3 aromatic rings. The Hall–Kier alpha value is -2.84. The molecule has 0 aliphatic carbocycles. The number of aromatic nitrogens is 3. The van der Waals surface area contributed by atoms with E-state index in [0.717, 1.165) is 16.2 Å². The molecule has 0 amide bonds. The molecule has 0 bridgehead atoms. The molecule has 0 atom stereocenters. The lowest BCUT2D eigenvalue weighted by Gasteiger charge is -2.06. The van der Waals surface area contributed by atoms with Gasteiger partial charge >= 0.3 is 5.97 Å². The third-order valence-electron chi connectivity index (χ3n) is 3.46. The van der Waals surface area contributed by atoms with Crippen molar-refractivity contribution in [2.24, 2.45) is 0 Å². The van der Waals surface area contributed by atoms with Crippen LogP contribution in [0, 0.1) is 0 Å². The van der Waals surface area contributed by atoms with Gasteiger partial charge in [0.2, 0.25) is 11.9 Å². The van der Waals surface area contributed by atoms with Crippen molar-refractivity contribution in [2.75, 3.05) is 11.5 Å². The average molecular weight is 402 g/mol. The fourth-order valence-corrected chi connectivity index (χ4v) is 3.15. The highest BCUT2D eigenvalue weighted by Gasteiger charge is 2.10. The van der Waals surface area contributed by atoms with Crippen molar-refractivity contribution >= 4 is 41.2 Å². The van der Waals surface area contributed by atoms with Crippen LogP contribution >= 0.6 is 23.4 Å². The van der Waals surface area contributed by atoms with Crippen LogP contribution in [-0.4, -0.2) is 20.9 Å². The zero-order chi connectivity index (χ0) is 19.2. The van der Waals surface area contributed by atoms with Crippen LogP contribution in [0.3, 0.4) is 0 Å². The Bertz CT molecular complexity index is 915. The third kappa shape index (κ3) is 5.57. The first-order valence-corrected chi connectivity index (χ1v) is 9.26. The number of carbonyl (C=O) groups excluding carboxylic acids is 1. The number of hydrogen-bond donors (Lipinski definition) is 2. The second kappa shape index (κ2) is 8.70. The standard InChI is InChI=1S/C18H16ClN5O2S/c19-13-5-7-14(8-6-13)27-10-11-1-3-12(4-2-11)16(25)26-9-15-22-17(20)24-18(21)23-15/h1-8H,9-10H2,(H4,20,21,22,23,24). The lowest BCUT2D eigenvalue weighted by atomic mass is 10.1. The maximum Gasteiger partial charge on any atom is 0.338 e. The normalized spacial score (nSPS) is 10.6. The van der Waals surface area contributed by atoms with E-state index in [-0.39, 0.29) is 24.3 Å². The molecular formula is C18H16ClN5O2S. The zero-order valence-corrected chi connectivity index (χ0v) is 15.7. The smallest absolute Gasteiger partial charge is 0.338 e. The first-order valence-electron chi connectivity index (χ1n) is 7.90. The predicted octanol–water partition coefficient (Wildman–Crippen LogP) is 3.34. The minimum Gasteiger partial charge on any atom is -0.454 e. The fourth-order valence-electron chi connectivity index (χ4n) is 2.17. The van der Waals surface area contributed by atoms with Gasteiger partial charge in [0.25, 0.3) is 0 Å². The van der Waals surface area contributed by atoms with Gasteiger partial charge in [0.15, 0.2) is 12.4 Å². The lowest BCUT2D eigenvalue weighted by Crippen LogP contribution is -2.11. The molecule has 138 valence electrons. The Kier molecular flexibility index (Phi) is 6.10. The molecule has 27 heavy (non-hydrogen) atoms. The first-order chi connectivity index (χ1) is 13.0. The molecule has 2 aromatic carbocycles. The quantitative estimate of drug-likeness (QED) is 0.477. The zero-order valence-electron chi connectivity index (χ0n) is 14.1. The van der Waals surface area contributed by atoms with Gasteiger partial charge in [-0.05, 0) is 42.0 Å². The van der Waals surface area contributed by atoms with Crippen LogP contribution in [0.1, 0.15) is 21.7 Å². The highest BCUT2D eigenvalue weighted by Crippen LogP contribution is 2.24. The molecule has 4 N–H and O–H groups in total. The summed E-state index contributed by atoms with van der Waals surface area (Å²) >= 11 is 7.57. The number of carbonyl (C=O) groups is 1. The molecular weight excluding hydrogens is 386 g/mol. The number of thioether (sulfide) groups is 1. The monoisotopic (exact) mass is 401 g/mol. The summed E-state index contributed by atoms with van der Waals surface area (Å²) in [5.41, 5.74) is 12.5. The minimum absolute atomic E-state index is 0.0175. The first kappa shape index (κ1) is 18.9. The van der Waals surface area contributed by atoms with Crippen molar-refractivity contribution in [3.63, 3.8) is 0 Å². The van der Waals surface area contributed by atoms with E-state index in [1.807, 2.05) is 36.4 Å². The fraction of sp³-hybridized carbons (Fsp3) is 0.111. The number of ether oxygens (including phenoxy) is 1. The van der Waals surface area contributed by atoms with E-state index in [1.54, 1.807) is 23.9 Å². The Morgan fingerprint density at radius 3 is 2.22 bits per heavy atom. The van der Waals surface area contributed by atoms with Gasteiger partial charge in [-0.3, -0.25) is 0 Å². The van der Waals surface area contributed by atoms with Gasteiger partial charge < -0.3 is 16.2 Å². The van der Waals surface area contributed by atoms with Crippen molar-refractivity contribution in [1.29, 1.82) is 0 Å². The molecule has 7 nitrogen and oxygen atoms in total. The number of benzene rings is 2. The van der Waals surface area contributed by atoms with Gasteiger partial charge in [0, 0.05) is 15.7 Å². The molecule has 0 saturated carbocycles.